The Labute approximate surface area is 127 Å². The van der Waals surface area contributed by atoms with Crippen LogP contribution in [0.15, 0.2) is 0 Å². The van der Waals surface area contributed by atoms with E-state index in [2.05, 4.69) is 36.7 Å². The fourth-order valence-corrected chi connectivity index (χ4v) is 6.24. The van der Waals surface area contributed by atoms with Crippen molar-refractivity contribution in [3.05, 3.63) is 0 Å². The first-order chi connectivity index (χ1) is 8.91. The average Bonchev–Trinajstić information content (AvgIpc) is 2.77. The van der Waals surface area contributed by atoms with Gasteiger partial charge in [0.25, 0.3) is 0 Å². The van der Waals surface area contributed by atoms with Crippen LogP contribution in [-0.4, -0.2) is 17.0 Å². The summed E-state index contributed by atoms with van der Waals surface area (Å²) in [5.41, 5.74) is 0.980. The number of hydrogen-bond acceptors (Lipinski definition) is 1. The smallest absolute Gasteiger partial charge is 0.0656 e. The molecule has 0 aliphatic heterocycles. The highest BCUT2D eigenvalue weighted by molar-refractivity contribution is 9.09. The summed E-state index contributed by atoms with van der Waals surface area (Å²) in [5.74, 6) is 0.827. The van der Waals surface area contributed by atoms with Gasteiger partial charge < -0.3 is 4.74 Å². The maximum atomic E-state index is 6.61. The first-order valence-corrected chi connectivity index (χ1v) is 9.12. The molecule has 3 aliphatic rings. The van der Waals surface area contributed by atoms with Gasteiger partial charge in [0.15, 0.2) is 0 Å². The molecular formula is C17H29BrO. The van der Waals surface area contributed by atoms with Crippen LogP contribution in [0.2, 0.25) is 0 Å². The van der Waals surface area contributed by atoms with Gasteiger partial charge in [0, 0.05) is 10.2 Å². The SMILES string of the molecule is CC1CC(OC2CC(Br)C23CCCC3)CC(C)(C)C1. The van der Waals surface area contributed by atoms with Crippen LogP contribution >= 0.6 is 15.9 Å². The Hall–Kier alpha value is 0.440. The summed E-state index contributed by atoms with van der Waals surface area (Å²) in [7, 11) is 0. The molecular weight excluding hydrogens is 300 g/mol. The zero-order valence-corrected chi connectivity index (χ0v) is 14.3. The zero-order chi connectivity index (χ0) is 13.7. The number of rotatable bonds is 2. The van der Waals surface area contributed by atoms with Crippen molar-refractivity contribution in [3.63, 3.8) is 0 Å². The van der Waals surface area contributed by atoms with E-state index >= 15 is 0 Å². The van der Waals surface area contributed by atoms with Crippen molar-refractivity contribution in [2.75, 3.05) is 0 Å². The van der Waals surface area contributed by atoms with Gasteiger partial charge in [0.05, 0.1) is 12.2 Å². The first-order valence-electron chi connectivity index (χ1n) is 8.21. The topological polar surface area (TPSA) is 9.23 Å². The van der Waals surface area contributed by atoms with E-state index in [1.165, 1.54) is 51.4 Å². The fraction of sp³-hybridized carbons (Fsp3) is 1.00. The third-order valence-corrected chi connectivity index (χ3v) is 7.21. The standard InChI is InChI=1S/C17H29BrO/c1-12-8-13(11-16(2,3)10-12)19-15-9-14(18)17(15)6-4-5-7-17/h12-15H,4-11H2,1-3H3. The predicted molar refractivity (Wildman–Crippen MR) is 83.7 cm³/mol. The molecule has 110 valence electrons. The third kappa shape index (κ3) is 2.64. The maximum absolute atomic E-state index is 6.61. The largest absolute Gasteiger partial charge is 0.374 e. The van der Waals surface area contributed by atoms with Gasteiger partial charge in [-0.15, -0.1) is 0 Å². The van der Waals surface area contributed by atoms with Crippen molar-refractivity contribution in [2.24, 2.45) is 16.7 Å². The van der Waals surface area contributed by atoms with Crippen LogP contribution in [0.1, 0.15) is 72.1 Å². The summed E-state index contributed by atoms with van der Waals surface area (Å²) in [6.07, 6.45) is 11.8. The van der Waals surface area contributed by atoms with Crippen LogP contribution in [0.25, 0.3) is 0 Å². The molecule has 4 atom stereocenters. The van der Waals surface area contributed by atoms with Crippen LogP contribution in [-0.2, 0) is 4.74 Å². The van der Waals surface area contributed by atoms with Gasteiger partial charge in [-0.3, -0.25) is 0 Å². The zero-order valence-electron chi connectivity index (χ0n) is 12.8. The Balaban J connectivity index is 1.62. The molecule has 19 heavy (non-hydrogen) atoms. The molecule has 3 saturated carbocycles. The Morgan fingerprint density at radius 2 is 1.74 bits per heavy atom. The minimum absolute atomic E-state index is 0.475. The second-order valence-corrected chi connectivity index (χ2v) is 9.41. The highest BCUT2D eigenvalue weighted by Crippen LogP contribution is 2.58. The summed E-state index contributed by atoms with van der Waals surface area (Å²) >= 11 is 3.90. The molecule has 0 aromatic rings. The lowest BCUT2D eigenvalue weighted by molar-refractivity contribution is -0.155. The highest BCUT2D eigenvalue weighted by atomic mass is 79.9. The van der Waals surface area contributed by atoms with Crippen molar-refractivity contribution in [3.8, 4) is 0 Å². The van der Waals surface area contributed by atoms with Crippen molar-refractivity contribution in [1.29, 1.82) is 0 Å². The molecule has 0 aromatic heterocycles. The van der Waals surface area contributed by atoms with E-state index in [0.717, 1.165) is 10.7 Å². The van der Waals surface area contributed by atoms with Crippen LogP contribution in [0.4, 0.5) is 0 Å². The molecule has 3 rings (SSSR count). The minimum Gasteiger partial charge on any atom is -0.374 e. The Bertz CT molecular complexity index is 332. The molecule has 0 heterocycles. The van der Waals surface area contributed by atoms with Crippen LogP contribution in [0.3, 0.4) is 0 Å². The molecule has 3 aliphatic carbocycles. The number of hydrogen-bond donors (Lipinski definition) is 0. The predicted octanol–water partition coefficient (Wildman–Crippen LogP) is 5.31. The van der Waals surface area contributed by atoms with Crippen LogP contribution < -0.4 is 0 Å². The van der Waals surface area contributed by atoms with Crippen molar-refractivity contribution >= 4 is 15.9 Å². The number of halogens is 1. The summed E-state index contributed by atoms with van der Waals surface area (Å²) in [6, 6.07) is 0. The molecule has 0 aromatic carbocycles. The van der Waals surface area contributed by atoms with Gasteiger partial charge in [0.2, 0.25) is 0 Å². The second kappa shape index (κ2) is 5.02. The third-order valence-electron chi connectivity index (χ3n) is 5.92. The summed E-state index contributed by atoms with van der Waals surface area (Å²) in [6.45, 7) is 7.23. The summed E-state index contributed by atoms with van der Waals surface area (Å²) in [5, 5.41) is 0. The fourth-order valence-electron chi connectivity index (χ4n) is 5.15. The molecule has 4 unspecified atom stereocenters. The maximum Gasteiger partial charge on any atom is 0.0656 e. The van der Waals surface area contributed by atoms with E-state index in [1.54, 1.807) is 0 Å². The van der Waals surface area contributed by atoms with E-state index in [1.807, 2.05) is 0 Å². The summed E-state index contributed by atoms with van der Waals surface area (Å²) in [4.78, 5) is 0.724. The molecule has 2 heteroatoms. The average molecular weight is 329 g/mol. The lowest BCUT2D eigenvalue weighted by atomic mass is 9.64. The lowest BCUT2D eigenvalue weighted by Crippen LogP contribution is -2.55. The van der Waals surface area contributed by atoms with E-state index in [-0.39, 0.29) is 0 Å². The molecule has 0 N–H and O–H groups in total. The van der Waals surface area contributed by atoms with E-state index in [9.17, 15) is 0 Å². The second-order valence-electron chi connectivity index (χ2n) is 8.30. The minimum atomic E-state index is 0.475. The molecule has 1 spiro atoms. The molecule has 0 amide bonds. The first kappa shape index (κ1) is 14.4. The van der Waals surface area contributed by atoms with Gasteiger partial charge in [-0.1, -0.05) is 49.5 Å². The number of alkyl halides is 1. The molecule has 3 fully saturated rings. The Kier molecular flexibility index (Phi) is 3.80. The molecule has 0 radical (unpaired) electrons. The highest BCUT2D eigenvalue weighted by Gasteiger charge is 2.56. The Morgan fingerprint density at radius 3 is 2.32 bits per heavy atom. The van der Waals surface area contributed by atoms with Crippen molar-refractivity contribution in [1.82, 2.24) is 0 Å². The molecule has 1 nitrogen and oxygen atoms in total. The molecule has 0 bridgehead atoms. The van der Waals surface area contributed by atoms with Crippen LogP contribution in [0, 0.1) is 16.7 Å². The van der Waals surface area contributed by atoms with Gasteiger partial charge in [-0.25, -0.2) is 0 Å². The quantitative estimate of drug-likeness (QED) is 0.624. The van der Waals surface area contributed by atoms with Crippen molar-refractivity contribution in [2.45, 2.75) is 89.2 Å². The summed E-state index contributed by atoms with van der Waals surface area (Å²) < 4.78 is 6.61. The van der Waals surface area contributed by atoms with E-state index < -0.39 is 0 Å². The van der Waals surface area contributed by atoms with E-state index in [0.29, 0.717) is 23.0 Å². The molecule has 0 saturated heterocycles. The van der Waals surface area contributed by atoms with Gasteiger partial charge >= 0.3 is 0 Å². The lowest BCUT2D eigenvalue weighted by Gasteiger charge is -2.53. The normalized spacial score (nSPS) is 44.2. The number of ether oxygens (including phenoxy) is 1. The van der Waals surface area contributed by atoms with Crippen molar-refractivity contribution < 1.29 is 4.74 Å². The van der Waals surface area contributed by atoms with E-state index in [4.69, 9.17) is 4.74 Å². The Morgan fingerprint density at radius 1 is 1.05 bits per heavy atom. The van der Waals surface area contributed by atoms with Gasteiger partial charge in [-0.05, 0) is 49.9 Å². The monoisotopic (exact) mass is 328 g/mol. The van der Waals surface area contributed by atoms with Gasteiger partial charge in [0.1, 0.15) is 0 Å². The van der Waals surface area contributed by atoms with Gasteiger partial charge in [-0.2, -0.15) is 0 Å². The van der Waals surface area contributed by atoms with Crippen LogP contribution in [0.5, 0.6) is 0 Å².